The van der Waals surface area contributed by atoms with E-state index in [1.54, 1.807) is 12.0 Å². The number of fused-ring (bicyclic) bond motifs is 3. The van der Waals surface area contributed by atoms with Gasteiger partial charge in [-0.3, -0.25) is 14.5 Å². The van der Waals surface area contributed by atoms with Crippen LogP contribution >= 0.6 is 0 Å². The molecule has 0 unspecified atom stereocenters. The lowest BCUT2D eigenvalue weighted by molar-refractivity contribution is -0.127. The van der Waals surface area contributed by atoms with Gasteiger partial charge in [0, 0.05) is 23.2 Å². The predicted octanol–water partition coefficient (Wildman–Crippen LogP) is 4.92. The van der Waals surface area contributed by atoms with Crippen LogP contribution in [0.1, 0.15) is 56.4 Å². The van der Waals surface area contributed by atoms with Crippen molar-refractivity contribution in [2.75, 3.05) is 18.6 Å². The summed E-state index contributed by atoms with van der Waals surface area (Å²) in [6.45, 7) is 4.71. The highest BCUT2D eigenvalue weighted by atomic mass is 16.5. The quantitative estimate of drug-likeness (QED) is 0.550. The number of aromatic nitrogens is 1. The number of hydrogen-bond acceptors (Lipinski definition) is 4. The van der Waals surface area contributed by atoms with E-state index in [9.17, 15) is 9.59 Å². The highest BCUT2D eigenvalue weighted by Gasteiger charge is 2.49. The molecule has 1 aliphatic heterocycles. The summed E-state index contributed by atoms with van der Waals surface area (Å²) in [5, 5.41) is 4.22. The summed E-state index contributed by atoms with van der Waals surface area (Å²) in [7, 11) is 1.63. The molecule has 0 spiro atoms. The number of ether oxygens (including phenoxy) is 2. The van der Waals surface area contributed by atoms with Gasteiger partial charge in [-0.25, -0.2) is 0 Å². The van der Waals surface area contributed by atoms with E-state index in [0.717, 1.165) is 42.3 Å². The zero-order chi connectivity index (χ0) is 24.6. The molecule has 7 nitrogen and oxygen atoms in total. The Morgan fingerprint density at radius 2 is 1.77 bits per heavy atom. The van der Waals surface area contributed by atoms with E-state index in [1.807, 2.05) is 66.9 Å². The number of nitrogens with zero attached hydrogens (tertiary/aromatic N) is 2. The maximum absolute atomic E-state index is 14.0. The number of nitrogens with one attached hydrogen (secondary N) is 1. The van der Waals surface area contributed by atoms with Crippen LogP contribution in [0.25, 0.3) is 10.9 Å². The summed E-state index contributed by atoms with van der Waals surface area (Å²) in [6, 6.07) is 15.2. The highest BCUT2D eigenvalue weighted by Crippen LogP contribution is 2.37. The summed E-state index contributed by atoms with van der Waals surface area (Å²) in [5.74, 6) is 1.13. The minimum atomic E-state index is -1.11. The molecule has 2 heterocycles. The van der Waals surface area contributed by atoms with Crippen LogP contribution in [-0.4, -0.2) is 41.7 Å². The van der Waals surface area contributed by atoms with Crippen molar-refractivity contribution in [3.8, 4) is 11.5 Å². The van der Waals surface area contributed by atoms with Gasteiger partial charge in [0.15, 0.2) is 0 Å². The van der Waals surface area contributed by atoms with E-state index in [4.69, 9.17) is 9.47 Å². The molecule has 35 heavy (non-hydrogen) atoms. The first-order chi connectivity index (χ1) is 16.9. The molecule has 0 bridgehead atoms. The first kappa shape index (κ1) is 23.3. The van der Waals surface area contributed by atoms with Crippen LogP contribution in [0.4, 0.5) is 5.69 Å². The second-order valence-corrected chi connectivity index (χ2v) is 9.69. The minimum absolute atomic E-state index is 0.123. The molecule has 1 saturated carbocycles. The fourth-order valence-electron chi connectivity index (χ4n) is 5.45. The van der Waals surface area contributed by atoms with Gasteiger partial charge < -0.3 is 19.4 Å². The van der Waals surface area contributed by atoms with E-state index in [0.29, 0.717) is 30.3 Å². The molecule has 3 aromatic rings. The third-order valence-corrected chi connectivity index (χ3v) is 7.33. The second-order valence-electron chi connectivity index (χ2n) is 9.69. The van der Waals surface area contributed by atoms with E-state index in [-0.39, 0.29) is 17.9 Å². The molecule has 1 aromatic heterocycles. The Labute approximate surface area is 206 Å². The van der Waals surface area contributed by atoms with Crippen molar-refractivity contribution in [2.24, 2.45) is 0 Å². The largest absolute Gasteiger partial charge is 0.497 e. The number of amides is 2. The minimum Gasteiger partial charge on any atom is -0.497 e. The molecule has 2 aromatic carbocycles. The van der Waals surface area contributed by atoms with Crippen molar-refractivity contribution >= 4 is 28.4 Å². The topological polar surface area (TPSA) is 72.8 Å². The molecule has 1 fully saturated rings. The molecule has 2 aliphatic rings. The van der Waals surface area contributed by atoms with Gasteiger partial charge in [-0.1, -0.05) is 19.3 Å². The summed E-state index contributed by atoms with van der Waals surface area (Å²) in [6.07, 6.45) is 5.41. The Balaban J connectivity index is 1.59. The first-order valence-corrected chi connectivity index (χ1v) is 12.5. The molecule has 5 rings (SSSR count). The normalized spacial score (nSPS) is 20.5. The Hall–Kier alpha value is -3.48. The third-order valence-electron chi connectivity index (χ3n) is 7.33. The molecule has 0 radical (unpaired) electrons. The molecule has 1 atom stereocenters. The highest BCUT2D eigenvalue weighted by molar-refractivity contribution is 6.14. The number of methoxy groups -OCH3 is 1. The molecule has 184 valence electrons. The lowest BCUT2D eigenvalue weighted by Crippen LogP contribution is -2.65. The summed E-state index contributed by atoms with van der Waals surface area (Å²) >= 11 is 0. The second kappa shape index (κ2) is 9.29. The molecule has 7 heteroatoms. The molecular weight excluding hydrogens is 442 g/mol. The molecule has 2 amide bonds. The van der Waals surface area contributed by atoms with Crippen LogP contribution in [0.5, 0.6) is 11.5 Å². The van der Waals surface area contributed by atoms with Crippen molar-refractivity contribution in [2.45, 2.75) is 64.1 Å². The first-order valence-electron chi connectivity index (χ1n) is 12.5. The fourth-order valence-corrected chi connectivity index (χ4v) is 5.45. The zero-order valence-electron chi connectivity index (χ0n) is 20.7. The predicted molar refractivity (Wildman–Crippen MR) is 136 cm³/mol. The molecule has 1 N–H and O–H groups in total. The Bertz CT molecular complexity index is 1240. The van der Waals surface area contributed by atoms with E-state index in [2.05, 4.69) is 5.32 Å². The molecular formula is C28H33N3O4. The number of carbonyl (C=O) groups excluding carboxylic acids is 2. The van der Waals surface area contributed by atoms with Crippen LogP contribution in [0.15, 0.2) is 48.5 Å². The summed E-state index contributed by atoms with van der Waals surface area (Å²) < 4.78 is 13.0. The van der Waals surface area contributed by atoms with Gasteiger partial charge >= 0.3 is 0 Å². The average Bonchev–Trinajstić information content (AvgIpc) is 3.23. The van der Waals surface area contributed by atoms with Gasteiger partial charge in [-0.05, 0) is 69.2 Å². The lowest BCUT2D eigenvalue weighted by Gasteiger charge is -2.44. The van der Waals surface area contributed by atoms with Gasteiger partial charge in [0.1, 0.15) is 22.7 Å². The number of rotatable bonds is 6. The van der Waals surface area contributed by atoms with Gasteiger partial charge in [-0.2, -0.15) is 0 Å². The van der Waals surface area contributed by atoms with Gasteiger partial charge in [0.2, 0.25) is 5.91 Å². The third kappa shape index (κ3) is 4.13. The van der Waals surface area contributed by atoms with Crippen molar-refractivity contribution < 1.29 is 19.1 Å². The SMILES string of the molecule is CCOc1ccc(N2C(=O)c3cc4ccc(OC)cc4n3C[C@]2(C)C(=O)NC2CCCCC2)cc1. The summed E-state index contributed by atoms with van der Waals surface area (Å²) in [5.41, 5.74) is 1.01. The summed E-state index contributed by atoms with van der Waals surface area (Å²) in [4.78, 5) is 29.6. The molecule has 0 saturated heterocycles. The Morgan fingerprint density at radius 1 is 1.06 bits per heavy atom. The smallest absolute Gasteiger partial charge is 0.275 e. The van der Waals surface area contributed by atoms with Crippen LogP contribution in [0.3, 0.4) is 0 Å². The van der Waals surface area contributed by atoms with Crippen molar-refractivity contribution in [3.63, 3.8) is 0 Å². The van der Waals surface area contributed by atoms with Crippen LogP contribution < -0.4 is 19.7 Å². The van der Waals surface area contributed by atoms with E-state index < -0.39 is 5.54 Å². The molecule has 1 aliphatic carbocycles. The monoisotopic (exact) mass is 475 g/mol. The van der Waals surface area contributed by atoms with Crippen LogP contribution in [0, 0.1) is 0 Å². The Morgan fingerprint density at radius 3 is 2.46 bits per heavy atom. The standard InChI is InChI=1S/C28H33N3O4/c1-4-35-22-14-11-21(12-15-22)31-26(32)25-16-19-10-13-23(34-3)17-24(19)30(25)18-28(31,2)27(33)29-20-8-6-5-7-9-20/h10-17,20H,4-9,18H2,1-3H3,(H,29,33)/t28-/m1/s1. The van der Waals surface area contributed by atoms with Crippen LogP contribution in [-0.2, 0) is 11.3 Å². The van der Waals surface area contributed by atoms with Crippen molar-refractivity contribution in [1.29, 1.82) is 0 Å². The number of hydrogen-bond donors (Lipinski definition) is 1. The van der Waals surface area contributed by atoms with Crippen molar-refractivity contribution in [1.82, 2.24) is 9.88 Å². The maximum atomic E-state index is 14.0. The van der Waals surface area contributed by atoms with Gasteiger partial charge in [-0.15, -0.1) is 0 Å². The number of benzene rings is 2. The lowest BCUT2D eigenvalue weighted by atomic mass is 9.91. The van der Waals surface area contributed by atoms with Crippen LogP contribution in [0.2, 0.25) is 0 Å². The fraction of sp³-hybridized carbons (Fsp3) is 0.429. The zero-order valence-corrected chi connectivity index (χ0v) is 20.7. The number of carbonyl (C=O) groups is 2. The van der Waals surface area contributed by atoms with Crippen molar-refractivity contribution in [3.05, 3.63) is 54.2 Å². The van der Waals surface area contributed by atoms with E-state index in [1.165, 1.54) is 6.42 Å². The van der Waals surface area contributed by atoms with Gasteiger partial charge in [0.25, 0.3) is 5.91 Å². The Kier molecular flexibility index (Phi) is 6.17. The maximum Gasteiger partial charge on any atom is 0.275 e. The number of anilines is 1. The van der Waals surface area contributed by atoms with Gasteiger partial charge in [0.05, 0.1) is 25.8 Å². The van der Waals surface area contributed by atoms with E-state index >= 15 is 0 Å². The average molecular weight is 476 g/mol.